The number of likely N-dealkylation sites (tertiary alicyclic amines) is 1. The molecular weight excluding hydrogens is 485 g/mol. The third-order valence-electron chi connectivity index (χ3n) is 6.80. The molecule has 3 heterocycles. The van der Waals surface area contributed by atoms with E-state index < -0.39 is 23.7 Å². The number of rotatable bonds is 11. The summed E-state index contributed by atoms with van der Waals surface area (Å²) in [5.74, 6) is -0.107. The van der Waals surface area contributed by atoms with Crippen molar-refractivity contribution in [1.82, 2.24) is 9.88 Å². The van der Waals surface area contributed by atoms with Crippen LogP contribution in [0.4, 0.5) is 4.39 Å². The number of nitrogens with zero attached hydrogens (tertiary/aromatic N) is 2. The highest BCUT2D eigenvalue weighted by Gasteiger charge is 2.32. The summed E-state index contributed by atoms with van der Waals surface area (Å²) in [5.41, 5.74) is 7.46. The van der Waals surface area contributed by atoms with Crippen molar-refractivity contribution in [2.45, 2.75) is 35.9 Å². The van der Waals surface area contributed by atoms with Crippen LogP contribution in [0.3, 0.4) is 0 Å². The van der Waals surface area contributed by atoms with Crippen molar-refractivity contribution in [3.05, 3.63) is 53.3 Å². The molecule has 0 radical (unpaired) electrons. The summed E-state index contributed by atoms with van der Waals surface area (Å²) in [5, 5.41) is 12.7. The Morgan fingerprint density at radius 1 is 1.40 bits per heavy atom. The average Bonchev–Trinajstić information content (AvgIpc) is 3.37. The third kappa shape index (κ3) is 6.52. The van der Waals surface area contributed by atoms with Crippen LogP contribution in [0, 0.1) is 17.7 Å². The van der Waals surface area contributed by atoms with Gasteiger partial charge < -0.3 is 20.5 Å². The highest BCUT2D eigenvalue weighted by molar-refractivity contribution is 8.01. The van der Waals surface area contributed by atoms with Crippen molar-refractivity contribution >= 4 is 40.0 Å². The first kappa shape index (κ1) is 25.9. The number of pyridine rings is 1. The lowest BCUT2D eigenvalue weighted by atomic mass is 9.81. The van der Waals surface area contributed by atoms with Gasteiger partial charge in [-0.05, 0) is 67.8 Å². The molecule has 9 heteroatoms. The molecule has 1 saturated heterocycles. The standard InChI is InChI=1S/C26H32FN3O3S2/c1-33-18-6-9-23-20(14-18)25(21(27)15-29-23)22(28)8-7-19(26(31)32)17-4-2-10-30(16-17)11-13-35-24-5-3-12-34-24/h3,5-6,9,12,14-15,17,19,22H,2,4,7-8,10-11,13,16,28H2,1H3,(H,31,32)/t17?,19-,22+/m0/s1. The van der Waals surface area contributed by atoms with E-state index in [9.17, 15) is 14.3 Å². The van der Waals surface area contributed by atoms with Gasteiger partial charge >= 0.3 is 5.97 Å². The van der Waals surface area contributed by atoms with Crippen molar-refractivity contribution in [1.29, 1.82) is 0 Å². The Morgan fingerprint density at radius 3 is 3.00 bits per heavy atom. The van der Waals surface area contributed by atoms with Gasteiger partial charge in [0.25, 0.3) is 0 Å². The molecule has 3 N–H and O–H groups in total. The van der Waals surface area contributed by atoms with E-state index in [0.717, 1.165) is 38.2 Å². The van der Waals surface area contributed by atoms with E-state index in [1.165, 1.54) is 10.4 Å². The number of thioether (sulfide) groups is 1. The number of methoxy groups -OCH3 is 1. The van der Waals surface area contributed by atoms with Gasteiger partial charge in [0.05, 0.1) is 29.0 Å². The zero-order valence-electron chi connectivity index (χ0n) is 19.9. The zero-order chi connectivity index (χ0) is 24.8. The maximum absolute atomic E-state index is 14.8. The molecule has 1 fully saturated rings. The smallest absolute Gasteiger partial charge is 0.306 e. The maximum Gasteiger partial charge on any atom is 0.306 e. The highest BCUT2D eigenvalue weighted by atomic mass is 32.2. The third-order valence-corrected chi connectivity index (χ3v) is 8.91. The van der Waals surface area contributed by atoms with E-state index in [0.29, 0.717) is 35.1 Å². The molecule has 2 aromatic heterocycles. The number of halogens is 1. The number of aromatic nitrogens is 1. The number of fused-ring (bicyclic) bond motifs is 1. The minimum absolute atomic E-state index is 0.0688. The van der Waals surface area contributed by atoms with Crippen LogP contribution >= 0.6 is 23.1 Å². The summed E-state index contributed by atoms with van der Waals surface area (Å²) >= 11 is 3.59. The maximum atomic E-state index is 14.8. The Hall–Kier alpha value is -2.20. The Bertz CT molecular complexity index is 1130. The fourth-order valence-corrected chi connectivity index (χ4v) is 6.84. The Morgan fingerprint density at radius 2 is 2.26 bits per heavy atom. The number of carboxylic acids is 1. The van der Waals surface area contributed by atoms with E-state index >= 15 is 0 Å². The number of nitrogens with two attached hydrogens (primary N) is 1. The van der Waals surface area contributed by atoms with Gasteiger partial charge in [0.2, 0.25) is 0 Å². The van der Waals surface area contributed by atoms with Crippen LogP contribution in [-0.2, 0) is 4.79 Å². The van der Waals surface area contributed by atoms with E-state index in [2.05, 4.69) is 27.4 Å². The van der Waals surface area contributed by atoms with E-state index in [4.69, 9.17) is 10.5 Å². The molecule has 3 aromatic rings. The van der Waals surface area contributed by atoms with Crippen LogP contribution in [0.25, 0.3) is 10.9 Å². The SMILES string of the molecule is COc1ccc2ncc(F)c([C@H](N)CC[C@H](C(=O)O)C3CCCN(CCSc4cccs4)C3)c2c1. The lowest BCUT2D eigenvalue weighted by Crippen LogP contribution is -2.41. The van der Waals surface area contributed by atoms with Gasteiger partial charge in [-0.1, -0.05) is 6.07 Å². The lowest BCUT2D eigenvalue weighted by Gasteiger charge is -2.35. The number of ether oxygens (including phenoxy) is 1. The minimum Gasteiger partial charge on any atom is -0.497 e. The summed E-state index contributed by atoms with van der Waals surface area (Å²) in [4.78, 5) is 18.8. The van der Waals surface area contributed by atoms with Crippen molar-refractivity contribution in [3.63, 3.8) is 0 Å². The van der Waals surface area contributed by atoms with Crippen LogP contribution < -0.4 is 10.5 Å². The molecule has 1 unspecified atom stereocenters. The van der Waals surface area contributed by atoms with E-state index in [-0.39, 0.29) is 5.92 Å². The molecule has 0 aliphatic carbocycles. The van der Waals surface area contributed by atoms with Crippen LogP contribution in [-0.4, -0.2) is 53.5 Å². The van der Waals surface area contributed by atoms with Crippen LogP contribution in [0.2, 0.25) is 0 Å². The molecule has 0 saturated carbocycles. The van der Waals surface area contributed by atoms with E-state index in [1.807, 2.05) is 11.8 Å². The first-order valence-electron chi connectivity index (χ1n) is 12.0. The van der Waals surface area contributed by atoms with Gasteiger partial charge in [0.1, 0.15) is 11.6 Å². The number of aliphatic carboxylic acids is 1. The first-order valence-corrected chi connectivity index (χ1v) is 13.8. The summed E-state index contributed by atoms with van der Waals surface area (Å²) in [6.07, 6.45) is 3.87. The first-order chi connectivity index (χ1) is 17.0. The highest BCUT2D eigenvalue weighted by Crippen LogP contribution is 2.34. The summed E-state index contributed by atoms with van der Waals surface area (Å²) in [6.45, 7) is 2.73. The molecule has 0 amide bonds. The van der Waals surface area contributed by atoms with Crippen molar-refractivity contribution in [2.75, 3.05) is 32.5 Å². The quantitative estimate of drug-likeness (QED) is 0.328. The van der Waals surface area contributed by atoms with Crippen LogP contribution in [0.5, 0.6) is 5.75 Å². The largest absolute Gasteiger partial charge is 0.497 e. The molecule has 0 spiro atoms. The number of carbonyl (C=O) groups is 1. The predicted octanol–water partition coefficient (Wildman–Crippen LogP) is 5.43. The fourth-order valence-electron chi connectivity index (χ4n) is 4.98. The lowest BCUT2D eigenvalue weighted by molar-refractivity contribution is -0.144. The van der Waals surface area contributed by atoms with Crippen molar-refractivity contribution < 1.29 is 19.0 Å². The van der Waals surface area contributed by atoms with Crippen LogP contribution in [0.1, 0.15) is 37.3 Å². The number of carboxylic acid groups (broad SMARTS) is 1. The normalized spacial score (nSPS) is 18.4. The number of thiophene rings is 1. The van der Waals surface area contributed by atoms with Gasteiger partial charge in [0, 0.05) is 35.8 Å². The second-order valence-electron chi connectivity index (χ2n) is 9.01. The van der Waals surface area contributed by atoms with Crippen molar-refractivity contribution in [2.24, 2.45) is 17.6 Å². The number of hydrogen-bond acceptors (Lipinski definition) is 7. The molecule has 3 atom stereocenters. The molecule has 1 aliphatic heterocycles. The topological polar surface area (TPSA) is 88.7 Å². The Labute approximate surface area is 213 Å². The minimum atomic E-state index is -0.793. The van der Waals surface area contributed by atoms with Gasteiger partial charge in [-0.3, -0.25) is 9.78 Å². The van der Waals surface area contributed by atoms with E-state index in [1.54, 1.807) is 36.6 Å². The molecule has 1 aliphatic rings. The second-order valence-corrected chi connectivity index (χ2v) is 11.4. The average molecular weight is 518 g/mol. The molecule has 6 nitrogen and oxygen atoms in total. The molecular formula is C26H32FN3O3S2. The molecule has 35 heavy (non-hydrogen) atoms. The predicted molar refractivity (Wildman–Crippen MR) is 140 cm³/mol. The molecule has 4 rings (SSSR count). The molecule has 0 bridgehead atoms. The molecule has 1 aromatic carbocycles. The summed E-state index contributed by atoms with van der Waals surface area (Å²) in [6, 6.07) is 8.85. The Balaban J connectivity index is 1.39. The summed E-state index contributed by atoms with van der Waals surface area (Å²) in [7, 11) is 1.55. The van der Waals surface area contributed by atoms with Gasteiger partial charge in [-0.25, -0.2) is 4.39 Å². The van der Waals surface area contributed by atoms with Crippen molar-refractivity contribution in [3.8, 4) is 5.75 Å². The Kier molecular flexibility index (Phi) is 8.99. The zero-order valence-corrected chi connectivity index (χ0v) is 21.5. The van der Waals surface area contributed by atoms with Gasteiger partial charge in [-0.2, -0.15) is 0 Å². The van der Waals surface area contributed by atoms with Crippen LogP contribution in [0.15, 0.2) is 46.1 Å². The van der Waals surface area contributed by atoms with Gasteiger partial charge in [-0.15, -0.1) is 23.1 Å². The number of piperidine rings is 1. The second kappa shape index (κ2) is 12.2. The summed E-state index contributed by atoms with van der Waals surface area (Å²) < 4.78 is 21.4. The number of benzene rings is 1. The fraction of sp³-hybridized carbons (Fsp3) is 0.462. The van der Waals surface area contributed by atoms with Gasteiger partial charge in [0.15, 0.2) is 0 Å². The number of hydrogen-bond donors (Lipinski definition) is 2. The monoisotopic (exact) mass is 517 g/mol. The molecule has 188 valence electrons.